The van der Waals surface area contributed by atoms with Gasteiger partial charge in [0, 0.05) is 38.3 Å². The van der Waals surface area contributed by atoms with Crippen LogP contribution in [-0.2, 0) is 0 Å². The van der Waals surface area contributed by atoms with E-state index in [0.29, 0.717) is 5.92 Å². The van der Waals surface area contributed by atoms with Crippen molar-refractivity contribution in [3.05, 3.63) is 53.7 Å². The number of urea groups is 1. The predicted octanol–water partition coefficient (Wildman–Crippen LogP) is 2.95. The van der Waals surface area contributed by atoms with Gasteiger partial charge >= 0.3 is 6.03 Å². The largest absolute Gasteiger partial charge is 0.353 e. The molecule has 2 aromatic rings. The van der Waals surface area contributed by atoms with Crippen LogP contribution in [0.5, 0.6) is 0 Å². The first-order chi connectivity index (χ1) is 13.1. The predicted molar refractivity (Wildman–Crippen MR) is 106 cm³/mol. The number of amides is 2. The molecule has 27 heavy (non-hydrogen) atoms. The molecule has 1 aromatic carbocycles. The molecule has 0 bridgehead atoms. The molecule has 3 atom stereocenters. The van der Waals surface area contributed by atoms with Gasteiger partial charge in [-0.2, -0.15) is 5.10 Å². The molecule has 6 heteroatoms. The molecule has 2 aliphatic rings. The minimum Gasteiger partial charge on any atom is -0.353 e. The van der Waals surface area contributed by atoms with Gasteiger partial charge in [-0.1, -0.05) is 24.3 Å². The highest BCUT2D eigenvalue weighted by atomic mass is 16.2. The van der Waals surface area contributed by atoms with Crippen molar-refractivity contribution in [1.29, 1.82) is 0 Å². The molecular weight excluding hydrogens is 338 g/mol. The molecule has 1 aliphatic heterocycles. The average Bonchev–Trinajstić information content (AvgIpc) is 3.47. The molecule has 4 rings (SSSR count). The SMILES string of the molecule is Cc1ccccc1[C@H]1C[C@@H]1NC(=O)N(C)[C@@H]1CCCN(c2cccnn2)C1. The highest BCUT2D eigenvalue weighted by Crippen LogP contribution is 2.42. The van der Waals surface area contributed by atoms with Crippen LogP contribution in [0.15, 0.2) is 42.6 Å². The second-order valence-corrected chi connectivity index (χ2v) is 7.69. The summed E-state index contributed by atoms with van der Waals surface area (Å²) in [7, 11) is 1.91. The zero-order chi connectivity index (χ0) is 18.8. The highest BCUT2D eigenvalue weighted by Gasteiger charge is 2.41. The monoisotopic (exact) mass is 365 g/mol. The Hall–Kier alpha value is -2.63. The van der Waals surface area contributed by atoms with Crippen molar-refractivity contribution >= 4 is 11.8 Å². The number of carbonyl (C=O) groups is 1. The van der Waals surface area contributed by atoms with Crippen LogP contribution >= 0.6 is 0 Å². The third-order valence-corrected chi connectivity index (χ3v) is 5.83. The van der Waals surface area contributed by atoms with E-state index in [-0.39, 0.29) is 18.1 Å². The summed E-state index contributed by atoms with van der Waals surface area (Å²) >= 11 is 0. The van der Waals surface area contributed by atoms with Gasteiger partial charge in [-0.3, -0.25) is 0 Å². The minimum absolute atomic E-state index is 0.0297. The number of rotatable bonds is 4. The van der Waals surface area contributed by atoms with Crippen molar-refractivity contribution in [3.8, 4) is 0 Å². The minimum atomic E-state index is 0.0297. The lowest BCUT2D eigenvalue weighted by atomic mass is 10.0. The van der Waals surface area contributed by atoms with Crippen LogP contribution in [0.4, 0.5) is 10.6 Å². The summed E-state index contributed by atoms with van der Waals surface area (Å²) in [5.74, 6) is 1.34. The Bertz CT molecular complexity index is 796. The smallest absolute Gasteiger partial charge is 0.317 e. The maximum atomic E-state index is 12.8. The van der Waals surface area contributed by atoms with Crippen LogP contribution in [0.1, 0.15) is 36.3 Å². The van der Waals surface area contributed by atoms with Gasteiger partial charge in [0.05, 0.1) is 6.04 Å². The van der Waals surface area contributed by atoms with Crippen LogP contribution in [-0.4, -0.2) is 53.3 Å². The lowest BCUT2D eigenvalue weighted by molar-refractivity contribution is 0.182. The van der Waals surface area contributed by atoms with Gasteiger partial charge in [0.2, 0.25) is 0 Å². The summed E-state index contributed by atoms with van der Waals surface area (Å²) in [6.07, 6.45) is 4.78. The molecule has 2 heterocycles. The Morgan fingerprint density at radius 2 is 2.11 bits per heavy atom. The Morgan fingerprint density at radius 1 is 1.26 bits per heavy atom. The van der Waals surface area contributed by atoms with Crippen molar-refractivity contribution in [1.82, 2.24) is 20.4 Å². The molecule has 1 saturated heterocycles. The van der Waals surface area contributed by atoms with Crippen molar-refractivity contribution in [2.45, 2.75) is 44.2 Å². The van der Waals surface area contributed by atoms with E-state index < -0.39 is 0 Å². The molecule has 2 fully saturated rings. The molecule has 1 aromatic heterocycles. The maximum Gasteiger partial charge on any atom is 0.317 e. The van der Waals surface area contributed by atoms with Crippen molar-refractivity contribution in [2.24, 2.45) is 0 Å². The van der Waals surface area contributed by atoms with Crippen LogP contribution in [0.25, 0.3) is 0 Å². The van der Waals surface area contributed by atoms with Crippen LogP contribution in [0, 0.1) is 6.92 Å². The topological polar surface area (TPSA) is 61.4 Å². The standard InChI is InChI=1S/C21H27N5O/c1-15-7-3-4-9-17(15)18-13-19(18)23-21(27)25(2)16-8-6-12-26(14-16)20-10-5-11-22-24-20/h3-5,7,9-11,16,18-19H,6,8,12-14H2,1-2H3,(H,23,27)/t16-,18-,19+/m1/s1. The van der Waals surface area contributed by atoms with Crippen molar-refractivity contribution < 1.29 is 4.79 Å². The molecular formula is C21H27N5O. The number of hydrogen-bond donors (Lipinski definition) is 1. The van der Waals surface area contributed by atoms with Gasteiger partial charge in [0.1, 0.15) is 0 Å². The van der Waals surface area contributed by atoms with Gasteiger partial charge in [-0.25, -0.2) is 4.79 Å². The fourth-order valence-electron chi connectivity index (χ4n) is 4.07. The fraction of sp³-hybridized carbons (Fsp3) is 0.476. The number of nitrogens with zero attached hydrogens (tertiary/aromatic N) is 4. The first kappa shape index (κ1) is 17.8. The summed E-state index contributed by atoms with van der Waals surface area (Å²) in [6.45, 7) is 3.90. The van der Waals surface area contributed by atoms with E-state index in [0.717, 1.165) is 38.2 Å². The highest BCUT2D eigenvalue weighted by molar-refractivity contribution is 5.75. The normalized spacial score (nSPS) is 24.4. The molecule has 2 amide bonds. The van der Waals surface area contributed by atoms with E-state index in [4.69, 9.17) is 0 Å². The molecule has 0 unspecified atom stereocenters. The summed E-state index contributed by atoms with van der Waals surface area (Å²) in [5, 5.41) is 11.4. The summed E-state index contributed by atoms with van der Waals surface area (Å²) in [6, 6.07) is 12.8. The van der Waals surface area contributed by atoms with Crippen molar-refractivity contribution in [3.63, 3.8) is 0 Å². The van der Waals surface area contributed by atoms with E-state index in [9.17, 15) is 4.79 Å². The molecule has 0 radical (unpaired) electrons. The van der Waals surface area contributed by atoms with E-state index >= 15 is 0 Å². The van der Waals surface area contributed by atoms with Gasteiger partial charge in [0.25, 0.3) is 0 Å². The van der Waals surface area contributed by atoms with E-state index in [1.807, 2.05) is 24.1 Å². The number of carbonyl (C=O) groups excluding carboxylic acids is 1. The Labute approximate surface area is 160 Å². The number of anilines is 1. The Balaban J connectivity index is 1.33. The number of aromatic nitrogens is 2. The lowest BCUT2D eigenvalue weighted by Gasteiger charge is -2.38. The lowest BCUT2D eigenvalue weighted by Crippen LogP contribution is -2.52. The molecule has 1 aliphatic carbocycles. The number of hydrogen-bond acceptors (Lipinski definition) is 4. The molecule has 1 saturated carbocycles. The first-order valence-electron chi connectivity index (χ1n) is 9.75. The Morgan fingerprint density at radius 3 is 2.89 bits per heavy atom. The van der Waals surface area contributed by atoms with Gasteiger partial charge < -0.3 is 15.1 Å². The second-order valence-electron chi connectivity index (χ2n) is 7.69. The van der Waals surface area contributed by atoms with Crippen molar-refractivity contribution in [2.75, 3.05) is 25.0 Å². The fourth-order valence-corrected chi connectivity index (χ4v) is 4.07. The summed E-state index contributed by atoms with van der Waals surface area (Å²) in [5.41, 5.74) is 2.66. The van der Waals surface area contributed by atoms with Crippen LogP contribution in [0.3, 0.4) is 0 Å². The van der Waals surface area contributed by atoms with Gasteiger partial charge in [-0.05, 0) is 49.4 Å². The molecule has 1 N–H and O–H groups in total. The maximum absolute atomic E-state index is 12.8. The average molecular weight is 365 g/mol. The zero-order valence-electron chi connectivity index (χ0n) is 16.0. The summed E-state index contributed by atoms with van der Waals surface area (Å²) < 4.78 is 0. The van der Waals surface area contributed by atoms with Gasteiger partial charge in [-0.15, -0.1) is 5.10 Å². The molecule has 0 spiro atoms. The third-order valence-electron chi connectivity index (χ3n) is 5.83. The number of nitrogens with one attached hydrogen (secondary N) is 1. The molecule has 142 valence electrons. The number of benzene rings is 1. The van der Waals surface area contributed by atoms with E-state index in [2.05, 4.69) is 51.6 Å². The number of piperidine rings is 1. The number of aryl methyl sites for hydroxylation is 1. The van der Waals surface area contributed by atoms with E-state index in [1.54, 1.807) is 6.20 Å². The zero-order valence-corrected chi connectivity index (χ0v) is 16.0. The third kappa shape index (κ3) is 3.89. The van der Waals surface area contributed by atoms with Crippen LogP contribution < -0.4 is 10.2 Å². The second kappa shape index (κ2) is 7.55. The molecule has 6 nitrogen and oxygen atoms in total. The van der Waals surface area contributed by atoms with E-state index in [1.165, 1.54) is 11.1 Å². The summed E-state index contributed by atoms with van der Waals surface area (Å²) in [4.78, 5) is 16.9. The number of likely N-dealkylation sites (N-methyl/N-ethyl adjacent to an activating group) is 1. The van der Waals surface area contributed by atoms with Crippen LogP contribution in [0.2, 0.25) is 0 Å². The first-order valence-corrected chi connectivity index (χ1v) is 9.75. The quantitative estimate of drug-likeness (QED) is 0.905. The van der Waals surface area contributed by atoms with Gasteiger partial charge in [0.15, 0.2) is 5.82 Å². The Kier molecular flexibility index (Phi) is 4.97.